The molecule has 1 aromatic rings. The van der Waals surface area contributed by atoms with E-state index in [0.29, 0.717) is 10.6 Å². The highest BCUT2D eigenvalue weighted by Gasteiger charge is 2.51. The Labute approximate surface area is 170 Å². The summed E-state index contributed by atoms with van der Waals surface area (Å²) in [6, 6.07) is 5.17. The standard InChI is InChI=1S/C20H28ClNO6/c1-7-26-16(23)20(17(24)27-8-2,22-18(25)28-19(4,5)6)12-14-10-9-13(3)11-15(14)21/h9-11H,7-8,12H2,1-6H3,(H,22,25). The van der Waals surface area contributed by atoms with Crippen molar-refractivity contribution in [3.8, 4) is 0 Å². The van der Waals surface area contributed by atoms with Crippen LogP contribution in [0.5, 0.6) is 0 Å². The summed E-state index contributed by atoms with van der Waals surface area (Å²) in [7, 11) is 0. The average molecular weight is 414 g/mol. The van der Waals surface area contributed by atoms with E-state index >= 15 is 0 Å². The van der Waals surface area contributed by atoms with Crippen LogP contribution in [0, 0.1) is 6.92 Å². The maximum atomic E-state index is 12.8. The van der Waals surface area contributed by atoms with Crippen molar-refractivity contribution in [2.75, 3.05) is 13.2 Å². The van der Waals surface area contributed by atoms with Crippen LogP contribution in [-0.2, 0) is 30.2 Å². The van der Waals surface area contributed by atoms with Crippen molar-refractivity contribution in [3.05, 3.63) is 34.3 Å². The van der Waals surface area contributed by atoms with Crippen LogP contribution >= 0.6 is 11.6 Å². The molecule has 0 saturated heterocycles. The number of esters is 2. The van der Waals surface area contributed by atoms with E-state index in [1.807, 2.05) is 6.92 Å². The normalized spacial score (nSPS) is 11.5. The molecule has 1 amide bonds. The Balaban J connectivity index is 3.43. The van der Waals surface area contributed by atoms with Crippen LogP contribution in [-0.4, -0.2) is 42.4 Å². The molecule has 0 aliphatic carbocycles. The zero-order valence-electron chi connectivity index (χ0n) is 17.2. The molecule has 7 nitrogen and oxygen atoms in total. The van der Waals surface area contributed by atoms with Gasteiger partial charge in [0.05, 0.1) is 13.2 Å². The van der Waals surface area contributed by atoms with E-state index in [0.717, 1.165) is 5.56 Å². The van der Waals surface area contributed by atoms with Gasteiger partial charge in [-0.3, -0.25) is 5.32 Å². The number of amides is 1. The van der Waals surface area contributed by atoms with Crippen molar-refractivity contribution in [2.45, 2.75) is 59.1 Å². The number of alkyl carbamates (subject to hydrolysis) is 1. The first kappa shape index (κ1) is 23.8. The van der Waals surface area contributed by atoms with E-state index in [4.69, 9.17) is 25.8 Å². The molecule has 0 radical (unpaired) electrons. The summed E-state index contributed by atoms with van der Waals surface area (Å²) in [4.78, 5) is 38.1. The van der Waals surface area contributed by atoms with Gasteiger partial charge in [-0.05, 0) is 58.7 Å². The third-order valence-corrected chi connectivity index (χ3v) is 3.98. The van der Waals surface area contributed by atoms with E-state index in [1.54, 1.807) is 52.8 Å². The smallest absolute Gasteiger partial charge is 0.409 e. The number of hydrogen-bond donors (Lipinski definition) is 1. The van der Waals surface area contributed by atoms with Crippen molar-refractivity contribution >= 4 is 29.6 Å². The van der Waals surface area contributed by atoms with Gasteiger partial charge in [-0.1, -0.05) is 23.7 Å². The van der Waals surface area contributed by atoms with Gasteiger partial charge in [0.15, 0.2) is 0 Å². The van der Waals surface area contributed by atoms with Crippen molar-refractivity contribution < 1.29 is 28.6 Å². The molecular formula is C20H28ClNO6. The fraction of sp³-hybridized carbons (Fsp3) is 0.550. The maximum Gasteiger partial charge on any atom is 0.409 e. The van der Waals surface area contributed by atoms with E-state index in [2.05, 4.69) is 5.32 Å². The van der Waals surface area contributed by atoms with Gasteiger partial charge in [0, 0.05) is 11.4 Å². The molecule has 156 valence electrons. The predicted octanol–water partition coefficient (Wildman–Crippen LogP) is 3.58. The number of benzene rings is 1. The molecule has 28 heavy (non-hydrogen) atoms. The minimum absolute atomic E-state index is 0.0115. The second kappa shape index (κ2) is 9.78. The third-order valence-electron chi connectivity index (χ3n) is 3.63. The average Bonchev–Trinajstić information content (AvgIpc) is 2.55. The number of hydrogen-bond acceptors (Lipinski definition) is 6. The van der Waals surface area contributed by atoms with Gasteiger partial charge in [-0.2, -0.15) is 0 Å². The molecule has 0 bridgehead atoms. The summed E-state index contributed by atoms with van der Waals surface area (Å²) in [5.74, 6) is -1.90. The van der Waals surface area contributed by atoms with Crippen LogP contribution in [0.1, 0.15) is 45.7 Å². The summed E-state index contributed by atoms with van der Waals surface area (Å²) in [6.07, 6.45) is -1.19. The van der Waals surface area contributed by atoms with Crippen molar-refractivity contribution in [2.24, 2.45) is 0 Å². The highest BCUT2D eigenvalue weighted by atomic mass is 35.5. The number of halogens is 1. The minimum atomic E-state index is -2.13. The molecule has 1 aromatic carbocycles. The lowest BCUT2D eigenvalue weighted by molar-refractivity contribution is -0.166. The quantitative estimate of drug-likeness (QED) is 0.417. The van der Waals surface area contributed by atoms with E-state index in [-0.39, 0.29) is 19.6 Å². The first-order valence-electron chi connectivity index (χ1n) is 9.05. The maximum absolute atomic E-state index is 12.8. The van der Waals surface area contributed by atoms with Crippen LogP contribution in [0.2, 0.25) is 5.02 Å². The largest absolute Gasteiger partial charge is 0.464 e. The van der Waals surface area contributed by atoms with E-state index < -0.39 is 29.2 Å². The topological polar surface area (TPSA) is 90.9 Å². The highest BCUT2D eigenvalue weighted by molar-refractivity contribution is 6.31. The number of carbonyl (C=O) groups is 3. The lowest BCUT2D eigenvalue weighted by Crippen LogP contribution is -2.63. The highest BCUT2D eigenvalue weighted by Crippen LogP contribution is 2.25. The second-order valence-electron chi connectivity index (χ2n) is 7.24. The molecule has 0 aliphatic rings. The van der Waals surface area contributed by atoms with Crippen molar-refractivity contribution in [3.63, 3.8) is 0 Å². The van der Waals surface area contributed by atoms with Crippen LogP contribution in [0.4, 0.5) is 4.79 Å². The van der Waals surface area contributed by atoms with Gasteiger partial charge < -0.3 is 14.2 Å². The molecule has 0 heterocycles. The predicted molar refractivity (Wildman–Crippen MR) is 105 cm³/mol. The lowest BCUT2D eigenvalue weighted by Gasteiger charge is -2.31. The SMILES string of the molecule is CCOC(=O)C(Cc1ccc(C)cc1Cl)(NC(=O)OC(C)(C)C)C(=O)OCC. The molecule has 0 aromatic heterocycles. The van der Waals surface area contributed by atoms with Gasteiger partial charge in [0.25, 0.3) is 0 Å². The van der Waals surface area contributed by atoms with Crippen LogP contribution in [0.15, 0.2) is 18.2 Å². The van der Waals surface area contributed by atoms with Gasteiger partial charge in [-0.15, -0.1) is 0 Å². The van der Waals surface area contributed by atoms with Gasteiger partial charge in [0.1, 0.15) is 5.60 Å². The monoisotopic (exact) mass is 413 g/mol. The Morgan fingerprint density at radius 3 is 2.00 bits per heavy atom. The first-order chi connectivity index (χ1) is 12.9. The zero-order chi connectivity index (χ0) is 21.5. The second-order valence-corrected chi connectivity index (χ2v) is 7.65. The third kappa shape index (κ3) is 6.41. The molecule has 0 atom stereocenters. The molecular weight excluding hydrogens is 386 g/mol. The van der Waals surface area contributed by atoms with E-state index in [9.17, 15) is 14.4 Å². The summed E-state index contributed by atoms with van der Waals surface area (Å²) < 4.78 is 15.4. The molecule has 0 unspecified atom stereocenters. The zero-order valence-corrected chi connectivity index (χ0v) is 17.9. The molecule has 8 heteroatoms. The summed E-state index contributed by atoms with van der Waals surface area (Å²) in [6.45, 7) is 10.1. The Kier molecular flexibility index (Phi) is 8.29. The van der Waals surface area contributed by atoms with Crippen LogP contribution in [0.3, 0.4) is 0 Å². The molecule has 0 saturated carbocycles. The number of nitrogens with one attached hydrogen (secondary N) is 1. The fourth-order valence-electron chi connectivity index (χ4n) is 2.44. The van der Waals surface area contributed by atoms with E-state index in [1.165, 1.54) is 0 Å². The Hall–Kier alpha value is -2.28. The number of rotatable bonds is 7. The molecule has 1 rings (SSSR count). The molecule has 0 spiro atoms. The summed E-state index contributed by atoms with van der Waals surface area (Å²) in [5, 5.41) is 2.73. The lowest BCUT2D eigenvalue weighted by atomic mass is 9.90. The van der Waals surface area contributed by atoms with Gasteiger partial charge in [0.2, 0.25) is 5.54 Å². The van der Waals surface area contributed by atoms with Gasteiger partial charge in [-0.25, -0.2) is 14.4 Å². The molecule has 0 aliphatic heterocycles. The van der Waals surface area contributed by atoms with Crippen LogP contribution in [0.25, 0.3) is 0 Å². The number of aryl methyl sites for hydroxylation is 1. The number of carbonyl (C=O) groups excluding carboxylic acids is 3. The Morgan fingerprint density at radius 1 is 1.04 bits per heavy atom. The van der Waals surface area contributed by atoms with Crippen molar-refractivity contribution in [1.29, 1.82) is 0 Å². The van der Waals surface area contributed by atoms with Gasteiger partial charge >= 0.3 is 18.0 Å². The van der Waals surface area contributed by atoms with Crippen LogP contribution < -0.4 is 5.32 Å². The fourth-order valence-corrected chi connectivity index (χ4v) is 2.74. The molecule has 0 fully saturated rings. The Morgan fingerprint density at radius 2 is 1.57 bits per heavy atom. The molecule has 1 N–H and O–H groups in total. The number of ether oxygens (including phenoxy) is 3. The van der Waals surface area contributed by atoms with Crippen molar-refractivity contribution in [1.82, 2.24) is 5.32 Å². The summed E-state index contributed by atoms with van der Waals surface area (Å²) >= 11 is 6.29. The summed E-state index contributed by atoms with van der Waals surface area (Å²) in [5.41, 5.74) is -1.58. The minimum Gasteiger partial charge on any atom is -0.464 e. The first-order valence-corrected chi connectivity index (χ1v) is 9.43. The Bertz CT molecular complexity index is 708.